The summed E-state index contributed by atoms with van der Waals surface area (Å²) >= 11 is 12.3. The summed E-state index contributed by atoms with van der Waals surface area (Å²) in [5, 5.41) is 14.5. The summed E-state index contributed by atoms with van der Waals surface area (Å²) in [6.07, 6.45) is 5.13. The molecule has 2 aromatic rings. The summed E-state index contributed by atoms with van der Waals surface area (Å²) in [6.45, 7) is 0.534. The van der Waals surface area contributed by atoms with E-state index in [1.165, 1.54) is 12.1 Å². The molecule has 2 aromatic carbocycles. The van der Waals surface area contributed by atoms with Crippen LogP contribution in [0.25, 0.3) is 0 Å². The van der Waals surface area contributed by atoms with E-state index in [9.17, 15) is 10.1 Å². The maximum atomic E-state index is 10.6. The Morgan fingerprint density at radius 1 is 1.22 bits per heavy atom. The highest BCUT2D eigenvalue weighted by atomic mass is 35.5. The monoisotopic (exact) mass is 350 g/mol. The van der Waals surface area contributed by atoms with Gasteiger partial charge in [-0.25, -0.2) is 0 Å². The number of terminal acetylenes is 1. The minimum Gasteiger partial charge on any atom is -0.478 e. The van der Waals surface area contributed by atoms with Crippen molar-refractivity contribution in [3.63, 3.8) is 0 Å². The van der Waals surface area contributed by atoms with Crippen molar-refractivity contribution < 1.29 is 9.66 Å². The second-order valence-corrected chi connectivity index (χ2v) is 5.35. The average molecular weight is 351 g/mol. The number of anilines is 1. The molecule has 0 saturated heterocycles. The van der Waals surface area contributed by atoms with Crippen molar-refractivity contribution in [1.29, 1.82) is 0 Å². The smallest absolute Gasteiger partial charge is 0.269 e. The van der Waals surface area contributed by atoms with E-state index in [0.717, 1.165) is 11.3 Å². The molecule has 0 radical (unpaired) electrons. The molecule has 23 heavy (non-hydrogen) atoms. The molecule has 0 aliphatic rings. The normalized spacial score (nSPS) is 9.96. The number of nitro groups is 1. The lowest BCUT2D eigenvalue weighted by Crippen LogP contribution is -2.01. The summed E-state index contributed by atoms with van der Waals surface area (Å²) in [4.78, 5) is 10.2. The predicted molar refractivity (Wildman–Crippen MR) is 91.2 cm³/mol. The van der Waals surface area contributed by atoms with E-state index < -0.39 is 4.92 Å². The van der Waals surface area contributed by atoms with E-state index in [2.05, 4.69) is 11.2 Å². The van der Waals surface area contributed by atoms with Crippen molar-refractivity contribution in [3.05, 3.63) is 62.1 Å². The van der Waals surface area contributed by atoms with E-state index in [1.54, 1.807) is 24.3 Å². The van der Waals surface area contributed by atoms with Gasteiger partial charge in [-0.3, -0.25) is 10.1 Å². The van der Waals surface area contributed by atoms with Gasteiger partial charge in [-0.15, -0.1) is 6.42 Å². The van der Waals surface area contributed by atoms with Crippen LogP contribution in [-0.4, -0.2) is 11.5 Å². The Balaban J connectivity index is 2.06. The SMILES string of the molecule is C#CCOc1c(Cl)cc(CNc2ccc([N+](=O)[O-])cc2)cc1Cl. The third kappa shape index (κ3) is 4.52. The van der Waals surface area contributed by atoms with Gasteiger partial charge < -0.3 is 10.1 Å². The standard InChI is InChI=1S/C16H12Cl2N2O3/c1-2-7-23-16-14(17)8-11(9-15(16)18)10-19-12-3-5-13(6-4-12)20(21)22/h1,3-6,8-9,19H,7,10H2. The first kappa shape index (κ1) is 16.9. The molecule has 0 aromatic heterocycles. The van der Waals surface area contributed by atoms with E-state index in [-0.39, 0.29) is 12.3 Å². The third-order valence-electron chi connectivity index (χ3n) is 2.93. The van der Waals surface area contributed by atoms with Crippen LogP contribution in [0.1, 0.15) is 5.56 Å². The molecular weight excluding hydrogens is 339 g/mol. The van der Waals surface area contributed by atoms with Gasteiger partial charge in [0.2, 0.25) is 0 Å². The zero-order chi connectivity index (χ0) is 16.8. The van der Waals surface area contributed by atoms with Crippen LogP contribution >= 0.6 is 23.2 Å². The highest BCUT2D eigenvalue weighted by Crippen LogP contribution is 2.34. The minimum absolute atomic E-state index is 0.0386. The molecule has 0 fully saturated rings. The third-order valence-corrected chi connectivity index (χ3v) is 3.49. The highest BCUT2D eigenvalue weighted by Gasteiger charge is 2.10. The molecule has 0 saturated carbocycles. The van der Waals surface area contributed by atoms with Crippen LogP contribution in [-0.2, 0) is 6.54 Å². The number of nitrogens with one attached hydrogen (secondary N) is 1. The Hall–Kier alpha value is -2.42. The molecular formula is C16H12Cl2N2O3. The lowest BCUT2D eigenvalue weighted by atomic mass is 10.2. The van der Waals surface area contributed by atoms with Gasteiger partial charge >= 0.3 is 0 Å². The maximum Gasteiger partial charge on any atom is 0.269 e. The van der Waals surface area contributed by atoms with Gasteiger partial charge in [-0.1, -0.05) is 29.1 Å². The average Bonchev–Trinajstić information content (AvgIpc) is 2.52. The van der Waals surface area contributed by atoms with Gasteiger partial charge in [0.05, 0.1) is 15.0 Å². The van der Waals surface area contributed by atoms with Crippen molar-refractivity contribution in [2.24, 2.45) is 0 Å². The zero-order valence-corrected chi connectivity index (χ0v) is 13.4. The van der Waals surface area contributed by atoms with Crippen LogP contribution in [0.4, 0.5) is 11.4 Å². The summed E-state index contributed by atoms with van der Waals surface area (Å²) in [5.41, 5.74) is 1.62. The van der Waals surface area contributed by atoms with Gasteiger partial charge in [0.25, 0.3) is 5.69 Å². The molecule has 1 N–H and O–H groups in total. The number of benzene rings is 2. The molecule has 2 rings (SSSR count). The lowest BCUT2D eigenvalue weighted by molar-refractivity contribution is -0.384. The zero-order valence-electron chi connectivity index (χ0n) is 11.9. The number of ether oxygens (including phenoxy) is 1. The molecule has 118 valence electrons. The van der Waals surface area contributed by atoms with Crippen LogP contribution < -0.4 is 10.1 Å². The number of halogens is 2. The highest BCUT2D eigenvalue weighted by molar-refractivity contribution is 6.37. The molecule has 7 heteroatoms. The van der Waals surface area contributed by atoms with Gasteiger partial charge in [-0.05, 0) is 29.8 Å². The van der Waals surface area contributed by atoms with Crippen molar-refractivity contribution in [3.8, 4) is 18.1 Å². The Kier molecular flexibility index (Phi) is 5.69. The fraction of sp³-hybridized carbons (Fsp3) is 0.125. The Bertz CT molecular complexity index is 732. The molecule has 0 amide bonds. The van der Waals surface area contributed by atoms with E-state index in [4.69, 9.17) is 34.4 Å². The van der Waals surface area contributed by atoms with Crippen molar-refractivity contribution in [2.45, 2.75) is 6.54 Å². The summed E-state index contributed by atoms with van der Waals surface area (Å²) < 4.78 is 5.29. The summed E-state index contributed by atoms with van der Waals surface area (Å²) in [5.74, 6) is 2.70. The first-order valence-electron chi connectivity index (χ1n) is 6.53. The van der Waals surface area contributed by atoms with Crippen molar-refractivity contribution in [1.82, 2.24) is 0 Å². The number of nitro benzene ring substituents is 1. The van der Waals surface area contributed by atoms with Crippen LogP contribution in [0.3, 0.4) is 0 Å². The summed E-state index contributed by atoms with van der Waals surface area (Å²) in [6, 6.07) is 9.56. The van der Waals surface area contributed by atoms with E-state index in [0.29, 0.717) is 22.3 Å². The molecule has 0 bridgehead atoms. The Morgan fingerprint density at radius 2 is 1.83 bits per heavy atom. The van der Waals surface area contributed by atoms with Crippen LogP contribution in [0, 0.1) is 22.5 Å². The fourth-order valence-electron chi connectivity index (χ4n) is 1.87. The Labute approximate surface area is 143 Å². The maximum absolute atomic E-state index is 10.6. The van der Waals surface area contributed by atoms with E-state index in [1.807, 2.05) is 0 Å². The summed E-state index contributed by atoms with van der Waals surface area (Å²) in [7, 11) is 0. The van der Waals surface area contributed by atoms with Crippen LogP contribution in [0.5, 0.6) is 5.75 Å². The van der Waals surface area contributed by atoms with Gasteiger partial charge in [-0.2, -0.15) is 0 Å². The lowest BCUT2D eigenvalue weighted by Gasteiger charge is -2.11. The molecule has 0 aliphatic heterocycles. The molecule has 0 aliphatic carbocycles. The van der Waals surface area contributed by atoms with Gasteiger partial charge in [0.15, 0.2) is 5.75 Å². The first-order chi connectivity index (χ1) is 11.0. The molecule has 0 atom stereocenters. The molecule has 5 nitrogen and oxygen atoms in total. The predicted octanol–water partition coefficient (Wildman–Crippen LogP) is 4.53. The minimum atomic E-state index is -0.446. The Morgan fingerprint density at radius 3 is 2.35 bits per heavy atom. The number of hydrogen-bond donors (Lipinski definition) is 1. The van der Waals surface area contributed by atoms with E-state index >= 15 is 0 Å². The topological polar surface area (TPSA) is 64.4 Å². The van der Waals surface area contributed by atoms with Crippen LogP contribution in [0.15, 0.2) is 36.4 Å². The first-order valence-corrected chi connectivity index (χ1v) is 7.29. The largest absolute Gasteiger partial charge is 0.478 e. The van der Waals surface area contributed by atoms with Crippen LogP contribution in [0.2, 0.25) is 10.0 Å². The number of non-ortho nitro benzene ring substituents is 1. The van der Waals surface area contributed by atoms with Crippen molar-refractivity contribution >= 4 is 34.6 Å². The number of hydrogen-bond acceptors (Lipinski definition) is 4. The fourth-order valence-corrected chi connectivity index (χ4v) is 2.51. The second-order valence-electron chi connectivity index (χ2n) is 4.54. The number of rotatable bonds is 6. The molecule has 0 heterocycles. The second kappa shape index (κ2) is 7.73. The molecule has 0 spiro atoms. The quantitative estimate of drug-likeness (QED) is 0.472. The number of nitrogens with zero attached hydrogens (tertiary/aromatic N) is 1. The van der Waals surface area contributed by atoms with Crippen molar-refractivity contribution in [2.75, 3.05) is 11.9 Å². The molecule has 0 unspecified atom stereocenters. The van der Waals surface area contributed by atoms with Gasteiger partial charge in [0, 0.05) is 24.4 Å². The van der Waals surface area contributed by atoms with Gasteiger partial charge in [0.1, 0.15) is 6.61 Å².